The molecule has 1 aliphatic heterocycles. The van der Waals surface area contributed by atoms with Crippen LogP contribution in [0.5, 0.6) is 0 Å². The molecule has 0 radical (unpaired) electrons. The minimum atomic E-state index is -1.92. The van der Waals surface area contributed by atoms with Gasteiger partial charge in [-0.15, -0.1) is 0 Å². The van der Waals surface area contributed by atoms with Gasteiger partial charge < -0.3 is 14.4 Å². The van der Waals surface area contributed by atoms with Crippen LogP contribution in [0.15, 0.2) is 42.6 Å². The van der Waals surface area contributed by atoms with Crippen LogP contribution in [-0.2, 0) is 10.8 Å². The Morgan fingerprint density at radius 2 is 1.89 bits per heavy atom. The van der Waals surface area contributed by atoms with E-state index in [1.54, 1.807) is 0 Å². The van der Waals surface area contributed by atoms with E-state index >= 15 is 0 Å². The summed E-state index contributed by atoms with van der Waals surface area (Å²) in [6, 6.07) is 13.0. The van der Waals surface area contributed by atoms with Crippen LogP contribution in [0.25, 0.3) is 0 Å². The Bertz CT molecular complexity index is 986. The van der Waals surface area contributed by atoms with Crippen molar-refractivity contribution in [3.63, 3.8) is 0 Å². The first-order valence-electron chi connectivity index (χ1n) is 13.6. The zero-order valence-electron chi connectivity index (χ0n) is 22.8. The van der Waals surface area contributed by atoms with Crippen molar-refractivity contribution in [1.82, 2.24) is 9.88 Å². The van der Waals surface area contributed by atoms with Gasteiger partial charge in [-0.05, 0) is 91.9 Å². The lowest BCUT2D eigenvalue weighted by molar-refractivity contribution is 0.0768. The van der Waals surface area contributed by atoms with Crippen LogP contribution < -0.4 is 0 Å². The van der Waals surface area contributed by atoms with Gasteiger partial charge in [0.2, 0.25) is 0 Å². The third-order valence-electron chi connectivity index (χ3n) is 9.00. The van der Waals surface area contributed by atoms with Gasteiger partial charge in [0.25, 0.3) is 0 Å². The molecule has 4 rings (SSSR count). The van der Waals surface area contributed by atoms with Crippen LogP contribution in [-0.4, -0.2) is 49.5 Å². The summed E-state index contributed by atoms with van der Waals surface area (Å²) in [6.45, 7) is 17.3. The highest BCUT2D eigenvalue weighted by atomic mass is 28.4. The molecule has 1 aromatic heterocycles. The Hall–Kier alpha value is -1.53. The maximum atomic E-state index is 10.3. The monoisotopic (exact) mass is 494 g/mol. The molecule has 4 nitrogen and oxygen atoms in total. The average molecular weight is 495 g/mol. The lowest BCUT2D eigenvalue weighted by Crippen LogP contribution is -2.44. The van der Waals surface area contributed by atoms with Crippen molar-refractivity contribution in [2.24, 2.45) is 11.8 Å². The summed E-state index contributed by atoms with van der Waals surface area (Å²) in [6.07, 6.45) is 6.43. The molecule has 1 aliphatic carbocycles. The van der Waals surface area contributed by atoms with Crippen molar-refractivity contribution in [3.8, 4) is 0 Å². The van der Waals surface area contributed by atoms with Crippen LogP contribution >= 0.6 is 0 Å². The Balaban J connectivity index is 1.47. The number of hydrogen-bond donors (Lipinski definition) is 1. The van der Waals surface area contributed by atoms with E-state index in [1.165, 1.54) is 28.8 Å². The molecule has 35 heavy (non-hydrogen) atoms. The van der Waals surface area contributed by atoms with E-state index in [9.17, 15) is 5.11 Å². The lowest BCUT2D eigenvalue weighted by atomic mass is 9.79. The predicted octanol–water partition coefficient (Wildman–Crippen LogP) is 6.50. The molecule has 0 bridgehead atoms. The lowest BCUT2D eigenvalue weighted by Gasteiger charge is -2.41. The van der Waals surface area contributed by atoms with E-state index in [2.05, 4.69) is 82.1 Å². The van der Waals surface area contributed by atoms with Crippen molar-refractivity contribution in [2.75, 3.05) is 26.2 Å². The van der Waals surface area contributed by atoms with Crippen molar-refractivity contribution < 1.29 is 9.53 Å². The highest BCUT2D eigenvalue weighted by molar-refractivity contribution is 6.74. The molecule has 192 valence electrons. The fraction of sp³-hybridized carbons (Fsp3) is 0.633. The van der Waals surface area contributed by atoms with Gasteiger partial charge in [-0.1, -0.05) is 51.1 Å². The number of aliphatic hydroxyl groups excluding tert-OH is 1. The fourth-order valence-corrected chi connectivity index (χ4v) is 7.15. The molecule has 1 saturated heterocycles. The summed E-state index contributed by atoms with van der Waals surface area (Å²) in [4.78, 5) is 7.45. The number of nitrogens with zero attached hydrogens (tertiary/aromatic N) is 2. The molecule has 2 unspecified atom stereocenters. The van der Waals surface area contributed by atoms with E-state index in [0.717, 1.165) is 38.9 Å². The number of aromatic nitrogens is 1. The smallest absolute Gasteiger partial charge is 0.192 e. The number of benzene rings is 1. The average Bonchev–Trinajstić information content (AvgIpc) is 2.98. The molecule has 2 aliphatic rings. The Kier molecular flexibility index (Phi) is 8.21. The number of fused-ring (bicyclic) bond motifs is 1. The van der Waals surface area contributed by atoms with Crippen molar-refractivity contribution in [3.05, 3.63) is 65.0 Å². The van der Waals surface area contributed by atoms with E-state index in [-0.39, 0.29) is 17.7 Å². The quantitative estimate of drug-likeness (QED) is 0.368. The highest BCUT2D eigenvalue weighted by Gasteiger charge is 2.41. The molecule has 1 fully saturated rings. The number of rotatable bonds is 6. The largest absolute Gasteiger partial charge is 0.408 e. The van der Waals surface area contributed by atoms with Gasteiger partial charge in [0, 0.05) is 31.8 Å². The van der Waals surface area contributed by atoms with E-state index in [4.69, 9.17) is 9.41 Å². The fourth-order valence-electron chi connectivity index (χ4n) is 5.88. The predicted molar refractivity (Wildman–Crippen MR) is 147 cm³/mol. The van der Waals surface area contributed by atoms with Crippen LogP contribution in [0.4, 0.5) is 0 Å². The minimum absolute atomic E-state index is 0.0812. The zero-order chi connectivity index (χ0) is 25.2. The first-order valence-corrected chi connectivity index (χ1v) is 16.5. The molecule has 0 saturated carbocycles. The Morgan fingerprint density at radius 3 is 2.60 bits per heavy atom. The molecule has 5 heteroatoms. The summed E-state index contributed by atoms with van der Waals surface area (Å²) in [5.41, 5.74) is 5.31. The van der Waals surface area contributed by atoms with Gasteiger partial charge in [0.15, 0.2) is 8.32 Å². The van der Waals surface area contributed by atoms with Crippen molar-refractivity contribution in [1.29, 1.82) is 0 Å². The van der Waals surface area contributed by atoms with Gasteiger partial charge in [-0.25, -0.2) is 0 Å². The van der Waals surface area contributed by atoms with Gasteiger partial charge in [-0.2, -0.15) is 0 Å². The summed E-state index contributed by atoms with van der Waals surface area (Å²) < 4.78 is 7.02. The topological polar surface area (TPSA) is 45.6 Å². The summed E-state index contributed by atoms with van der Waals surface area (Å²) in [7, 11) is -1.92. The summed E-state index contributed by atoms with van der Waals surface area (Å²) in [5.74, 6) is 1.33. The van der Waals surface area contributed by atoms with Gasteiger partial charge in [0.1, 0.15) is 0 Å². The molecular weight excluding hydrogens is 448 g/mol. The number of piperidine rings is 1. The first-order chi connectivity index (χ1) is 16.6. The second-order valence-corrected chi connectivity index (χ2v) is 17.3. The third kappa shape index (κ3) is 6.07. The number of aryl methyl sites for hydroxylation is 2. The van der Waals surface area contributed by atoms with E-state index in [0.29, 0.717) is 17.8 Å². The van der Waals surface area contributed by atoms with Gasteiger partial charge >= 0.3 is 0 Å². The first kappa shape index (κ1) is 26.5. The number of aliphatic hydroxyl groups is 1. The molecule has 1 aromatic carbocycles. The SMILES string of the molecule is Cc1ccccc1C1CCN(C[C@@H]2CCc3cccnc3[C@@H](O[Si](C)(C)C(C)(C)C)C2)CC1CO. The maximum absolute atomic E-state index is 10.3. The standard InChI is InChI=1S/C30H46N2O2Si/c1-22-10-7-8-12-26(22)27-15-17-32(20-25(27)21-33)19-23-13-14-24-11-9-16-31-29(24)28(18-23)34-35(5,6)30(2,3)4/h7-12,16,23,25,27-28,33H,13-15,17-21H2,1-6H3/t23-,25?,27?,28+/m1/s1. The molecule has 4 atom stereocenters. The number of pyridine rings is 1. The highest BCUT2D eigenvalue weighted by Crippen LogP contribution is 2.43. The number of likely N-dealkylation sites (tertiary alicyclic amines) is 1. The Morgan fingerprint density at radius 1 is 1.11 bits per heavy atom. The van der Waals surface area contributed by atoms with Gasteiger partial charge in [0.05, 0.1) is 11.8 Å². The Labute approximate surface area is 214 Å². The van der Waals surface area contributed by atoms with Crippen molar-refractivity contribution in [2.45, 2.75) is 83.5 Å². The molecule has 0 spiro atoms. The second-order valence-electron chi connectivity index (χ2n) is 12.5. The molecule has 0 amide bonds. The summed E-state index contributed by atoms with van der Waals surface area (Å²) in [5, 5.41) is 10.5. The molecule has 2 heterocycles. The van der Waals surface area contributed by atoms with Crippen LogP contribution in [0.2, 0.25) is 18.1 Å². The van der Waals surface area contributed by atoms with Crippen LogP contribution in [0.1, 0.15) is 74.4 Å². The van der Waals surface area contributed by atoms with Crippen LogP contribution in [0, 0.1) is 18.8 Å². The summed E-state index contributed by atoms with van der Waals surface area (Å²) >= 11 is 0. The zero-order valence-corrected chi connectivity index (χ0v) is 23.8. The maximum Gasteiger partial charge on any atom is 0.192 e. The van der Waals surface area contributed by atoms with Crippen molar-refractivity contribution >= 4 is 8.32 Å². The van der Waals surface area contributed by atoms with Gasteiger partial charge in [-0.3, -0.25) is 4.98 Å². The third-order valence-corrected chi connectivity index (χ3v) is 13.5. The minimum Gasteiger partial charge on any atom is -0.408 e. The molecule has 2 aromatic rings. The number of hydrogen-bond acceptors (Lipinski definition) is 4. The molecular formula is C30H46N2O2Si. The normalized spacial score (nSPS) is 26.3. The second kappa shape index (κ2) is 10.8. The molecule has 1 N–H and O–H groups in total. The van der Waals surface area contributed by atoms with E-state index in [1.807, 2.05) is 6.20 Å². The van der Waals surface area contributed by atoms with Crippen LogP contribution in [0.3, 0.4) is 0 Å². The van der Waals surface area contributed by atoms with E-state index < -0.39 is 8.32 Å².